The molecule has 1 aliphatic rings. The van der Waals surface area contributed by atoms with Gasteiger partial charge in [-0.05, 0) is 43.9 Å². The second-order valence-corrected chi connectivity index (χ2v) is 7.44. The molecule has 3 nitrogen and oxygen atoms in total. The number of rotatable bonds is 9. The summed E-state index contributed by atoms with van der Waals surface area (Å²) in [6, 6.07) is 23.2. The van der Waals surface area contributed by atoms with Gasteiger partial charge in [-0.2, -0.15) is 0 Å². The number of nitrogens with one attached hydrogen (secondary N) is 2. The third-order valence-electron chi connectivity index (χ3n) is 5.48. The summed E-state index contributed by atoms with van der Waals surface area (Å²) in [5.74, 6) is 0. The van der Waals surface area contributed by atoms with Crippen LogP contribution >= 0.6 is 0 Å². The van der Waals surface area contributed by atoms with Crippen molar-refractivity contribution >= 4 is 0 Å². The van der Waals surface area contributed by atoms with E-state index in [1.807, 2.05) is 7.05 Å². The maximum atomic E-state index is 3.70. The zero-order valence-electron chi connectivity index (χ0n) is 16.0. The van der Waals surface area contributed by atoms with E-state index < -0.39 is 0 Å². The predicted octanol–water partition coefficient (Wildman–Crippen LogP) is 3.81. The zero-order chi connectivity index (χ0) is 18.0. The molecule has 0 bridgehead atoms. The molecule has 140 valence electrons. The molecular weight excluding hydrogens is 318 g/mol. The van der Waals surface area contributed by atoms with Crippen LogP contribution in [-0.2, 0) is 13.1 Å². The van der Waals surface area contributed by atoms with E-state index in [4.69, 9.17) is 0 Å². The number of hydrogen-bond acceptors (Lipinski definition) is 3. The largest absolute Gasteiger partial charge is 0.318 e. The summed E-state index contributed by atoms with van der Waals surface area (Å²) in [6.07, 6.45) is 5.15. The quantitative estimate of drug-likeness (QED) is 0.673. The maximum Gasteiger partial charge on any atom is 0.0240 e. The molecule has 0 radical (unpaired) electrons. The average molecular weight is 352 g/mol. The highest BCUT2D eigenvalue weighted by Gasteiger charge is 2.25. The molecular formula is C23H33N3. The summed E-state index contributed by atoms with van der Waals surface area (Å²) in [5.41, 5.74) is 2.83. The number of likely N-dealkylation sites (N-methyl/N-ethyl adjacent to an activating group) is 1. The van der Waals surface area contributed by atoms with Crippen molar-refractivity contribution in [3.8, 4) is 0 Å². The summed E-state index contributed by atoms with van der Waals surface area (Å²) < 4.78 is 0. The van der Waals surface area contributed by atoms with Gasteiger partial charge in [-0.3, -0.25) is 4.90 Å². The van der Waals surface area contributed by atoms with Crippen molar-refractivity contribution in [1.82, 2.24) is 15.5 Å². The Labute approximate surface area is 158 Å². The van der Waals surface area contributed by atoms with Gasteiger partial charge in [0, 0.05) is 38.3 Å². The fraction of sp³-hybridized carbons (Fsp3) is 0.478. The lowest BCUT2D eigenvalue weighted by atomic mass is 9.89. The fourth-order valence-electron chi connectivity index (χ4n) is 4.00. The van der Waals surface area contributed by atoms with Crippen LogP contribution < -0.4 is 10.6 Å². The Balaban J connectivity index is 1.60. The van der Waals surface area contributed by atoms with Gasteiger partial charge in [-0.15, -0.1) is 0 Å². The molecule has 2 aromatic rings. The molecule has 1 saturated carbocycles. The first-order valence-corrected chi connectivity index (χ1v) is 10.0. The van der Waals surface area contributed by atoms with Crippen LogP contribution in [0.1, 0.15) is 36.8 Å². The van der Waals surface area contributed by atoms with Gasteiger partial charge < -0.3 is 10.6 Å². The van der Waals surface area contributed by atoms with E-state index in [-0.39, 0.29) is 0 Å². The number of nitrogens with zero attached hydrogens (tertiary/aromatic N) is 1. The molecule has 3 heteroatoms. The van der Waals surface area contributed by atoms with E-state index >= 15 is 0 Å². The third kappa shape index (κ3) is 5.94. The van der Waals surface area contributed by atoms with Crippen molar-refractivity contribution in [3.63, 3.8) is 0 Å². The molecule has 2 N–H and O–H groups in total. The normalized spacial score (nSPS) is 20.4. The smallest absolute Gasteiger partial charge is 0.0240 e. The van der Waals surface area contributed by atoms with Gasteiger partial charge in [0.1, 0.15) is 0 Å². The minimum atomic E-state index is 0.678. The van der Waals surface area contributed by atoms with E-state index in [9.17, 15) is 0 Å². The van der Waals surface area contributed by atoms with Gasteiger partial charge in [0.2, 0.25) is 0 Å². The lowest BCUT2D eigenvalue weighted by molar-refractivity contribution is 0.128. The minimum absolute atomic E-state index is 0.678. The highest BCUT2D eigenvalue weighted by molar-refractivity contribution is 5.17. The fourth-order valence-corrected chi connectivity index (χ4v) is 4.00. The van der Waals surface area contributed by atoms with Crippen LogP contribution in [0.2, 0.25) is 0 Å². The molecule has 26 heavy (non-hydrogen) atoms. The highest BCUT2D eigenvalue weighted by atomic mass is 15.2. The van der Waals surface area contributed by atoms with Crippen molar-refractivity contribution in [3.05, 3.63) is 71.8 Å². The van der Waals surface area contributed by atoms with Gasteiger partial charge >= 0.3 is 0 Å². The van der Waals surface area contributed by atoms with Crippen LogP contribution in [0.5, 0.6) is 0 Å². The van der Waals surface area contributed by atoms with Crippen molar-refractivity contribution in [2.24, 2.45) is 0 Å². The Morgan fingerprint density at radius 2 is 1.31 bits per heavy atom. The summed E-state index contributed by atoms with van der Waals surface area (Å²) >= 11 is 0. The molecule has 1 aliphatic carbocycles. The summed E-state index contributed by atoms with van der Waals surface area (Å²) in [7, 11) is 2.02. The van der Waals surface area contributed by atoms with Gasteiger partial charge in [-0.25, -0.2) is 0 Å². The van der Waals surface area contributed by atoms with Gasteiger partial charge in [0.05, 0.1) is 0 Å². The van der Waals surface area contributed by atoms with Crippen molar-refractivity contribution in [1.29, 1.82) is 0 Å². The van der Waals surface area contributed by atoms with Crippen LogP contribution in [0.4, 0.5) is 0 Å². The van der Waals surface area contributed by atoms with Crippen LogP contribution in [0.3, 0.4) is 0 Å². The first kappa shape index (κ1) is 19.1. The lowest BCUT2D eigenvalue weighted by Gasteiger charge is -2.37. The van der Waals surface area contributed by atoms with E-state index in [1.54, 1.807) is 0 Å². The first-order chi connectivity index (χ1) is 12.8. The second kappa shape index (κ2) is 10.5. The van der Waals surface area contributed by atoms with Crippen molar-refractivity contribution in [2.75, 3.05) is 20.1 Å². The Hall–Kier alpha value is -1.68. The molecule has 0 atom stereocenters. The predicted molar refractivity (Wildman–Crippen MR) is 110 cm³/mol. The maximum absolute atomic E-state index is 3.70. The van der Waals surface area contributed by atoms with E-state index in [1.165, 1.54) is 36.8 Å². The molecule has 0 heterocycles. The average Bonchev–Trinajstić information content (AvgIpc) is 2.70. The van der Waals surface area contributed by atoms with Crippen LogP contribution in [0.25, 0.3) is 0 Å². The van der Waals surface area contributed by atoms with E-state index in [2.05, 4.69) is 76.2 Å². The molecule has 0 aliphatic heterocycles. The number of hydrogen-bond donors (Lipinski definition) is 2. The first-order valence-electron chi connectivity index (χ1n) is 10.0. The van der Waals surface area contributed by atoms with E-state index in [0.717, 1.165) is 26.2 Å². The summed E-state index contributed by atoms with van der Waals surface area (Å²) in [4.78, 5) is 2.69. The van der Waals surface area contributed by atoms with Crippen molar-refractivity contribution < 1.29 is 0 Å². The van der Waals surface area contributed by atoms with Gasteiger partial charge in [-0.1, -0.05) is 60.7 Å². The van der Waals surface area contributed by atoms with Crippen LogP contribution in [-0.4, -0.2) is 37.1 Å². The highest BCUT2D eigenvalue weighted by Crippen LogP contribution is 2.26. The molecule has 0 aromatic heterocycles. The Kier molecular flexibility index (Phi) is 7.68. The molecule has 1 fully saturated rings. The molecule has 0 saturated heterocycles. The summed E-state index contributed by atoms with van der Waals surface area (Å²) in [5, 5.41) is 6.92. The van der Waals surface area contributed by atoms with Gasteiger partial charge in [0.25, 0.3) is 0 Å². The molecule has 2 aromatic carbocycles. The Morgan fingerprint density at radius 3 is 1.81 bits per heavy atom. The Morgan fingerprint density at radius 1 is 0.769 bits per heavy atom. The molecule has 0 spiro atoms. The second-order valence-electron chi connectivity index (χ2n) is 7.44. The van der Waals surface area contributed by atoms with Crippen LogP contribution in [0.15, 0.2) is 60.7 Å². The Bertz CT molecular complexity index is 564. The van der Waals surface area contributed by atoms with Crippen molar-refractivity contribution in [2.45, 2.75) is 50.9 Å². The zero-order valence-corrected chi connectivity index (χ0v) is 16.0. The monoisotopic (exact) mass is 351 g/mol. The molecule has 3 rings (SSSR count). The lowest BCUT2D eigenvalue weighted by Crippen LogP contribution is -2.43. The number of benzene rings is 2. The van der Waals surface area contributed by atoms with E-state index in [0.29, 0.717) is 12.1 Å². The standard InChI is InChI=1S/C23H33N3/c1-24-16-17-25-22-12-14-23(15-13-22)26(18-20-8-4-2-5-9-20)19-21-10-6-3-7-11-21/h2-11,22-25H,12-19H2,1H3. The van der Waals surface area contributed by atoms with Gasteiger partial charge in [0.15, 0.2) is 0 Å². The topological polar surface area (TPSA) is 27.3 Å². The molecule has 0 unspecified atom stereocenters. The molecule has 0 amide bonds. The SMILES string of the molecule is CNCCNC1CCC(N(Cc2ccccc2)Cc2ccccc2)CC1. The minimum Gasteiger partial charge on any atom is -0.318 e. The summed E-state index contributed by atoms with van der Waals surface area (Å²) in [6.45, 7) is 4.20. The third-order valence-corrected chi connectivity index (χ3v) is 5.48. The van der Waals surface area contributed by atoms with Crippen LogP contribution in [0, 0.1) is 0 Å².